The van der Waals surface area contributed by atoms with Crippen molar-refractivity contribution in [3.8, 4) is 0 Å². The third kappa shape index (κ3) is 2.05. The molecule has 1 atom stereocenters. The largest absolute Gasteiger partial charge is 0.380 e. The van der Waals surface area contributed by atoms with E-state index in [-0.39, 0.29) is 6.10 Å². The van der Waals surface area contributed by atoms with E-state index in [1.165, 1.54) is 0 Å². The average molecular weight is 284 g/mol. The average Bonchev–Trinajstić information content (AvgIpc) is 2.55. The van der Waals surface area contributed by atoms with E-state index in [2.05, 4.69) is 20.9 Å². The van der Waals surface area contributed by atoms with Gasteiger partial charge in [0.05, 0.1) is 23.7 Å². The molecular formula is C11H14BrN3O. The van der Waals surface area contributed by atoms with Gasteiger partial charge in [0.15, 0.2) is 0 Å². The number of ether oxygens (including phenoxy) is 1. The van der Waals surface area contributed by atoms with E-state index >= 15 is 0 Å². The molecule has 0 spiro atoms. The number of rotatable bonds is 3. The van der Waals surface area contributed by atoms with Crippen LogP contribution in [0.2, 0.25) is 0 Å². The summed E-state index contributed by atoms with van der Waals surface area (Å²) in [7, 11) is 1.69. The van der Waals surface area contributed by atoms with E-state index in [0.717, 1.165) is 15.5 Å². The van der Waals surface area contributed by atoms with E-state index < -0.39 is 0 Å². The minimum Gasteiger partial charge on any atom is -0.380 e. The van der Waals surface area contributed by atoms with Crippen LogP contribution in [0, 0.1) is 0 Å². The number of halogens is 1. The highest BCUT2D eigenvalue weighted by molar-refractivity contribution is 9.10. The highest BCUT2D eigenvalue weighted by Gasteiger charge is 2.10. The van der Waals surface area contributed by atoms with Crippen molar-refractivity contribution in [3.05, 3.63) is 22.7 Å². The molecule has 0 radical (unpaired) electrons. The van der Waals surface area contributed by atoms with Crippen LogP contribution in [0.1, 0.15) is 6.92 Å². The van der Waals surface area contributed by atoms with Crippen molar-refractivity contribution in [2.75, 3.05) is 12.8 Å². The molecular weight excluding hydrogens is 270 g/mol. The normalized spacial score (nSPS) is 13.2. The fourth-order valence-electron chi connectivity index (χ4n) is 1.64. The highest BCUT2D eigenvalue weighted by atomic mass is 79.9. The fraction of sp³-hybridized carbons (Fsp3) is 0.364. The van der Waals surface area contributed by atoms with Crippen LogP contribution in [-0.2, 0) is 11.3 Å². The molecule has 2 N–H and O–H groups in total. The molecule has 5 heteroatoms. The summed E-state index contributed by atoms with van der Waals surface area (Å²) in [6.45, 7) is 2.71. The molecule has 1 aromatic heterocycles. The van der Waals surface area contributed by atoms with Gasteiger partial charge in [-0.05, 0) is 25.1 Å². The Hall–Kier alpha value is -1.07. The summed E-state index contributed by atoms with van der Waals surface area (Å²) in [5.41, 5.74) is 7.82. The van der Waals surface area contributed by atoms with Gasteiger partial charge in [-0.3, -0.25) is 0 Å². The number of nitrogen functional groups attached to an aromatic ring is 1. The zero-order valence-corrected chi connectivity index (χ0v) is 10.9. The Kier molecular flexibility index (Phi) is 3.16. The fourth-order valence-corrected chi connectivity index (χ4v) is 1.99. The number of anilines is 1. The first-order valence-corrected chi connectivity index (χ1v) is 5.85. The molecule has 0 fully saturated rings. The van der Waals surface area contributed by atoms with Gasteiger partial charge in [-0.25, -0.2) is 4.98 Å². The number of nitrogens with zero attached hydrogens (tertiary/aromatic N) is 2. The molecule has 1 aromatic carbocycles. The van der Waals surface area contributed by atoms with Crippen molar-refractivity contribution in [1.82, 2.24) is 9.55 Å². The Bertz CT molecular complexity index is 509. The summed E-state index contributed by atoms with van der Waals surface area (Å²) in [5, 5.41) is 0. The SMILES string of the molecule is COC(C)Cn1c(N)nc2ccc(Br)cc21. The first-order valence-electron chi connectivity index (χ1n) is 5.06. The molecule has 0 aliphatic carbocycles. The maximum absolute atomic E-state index is 5.89. The first-order chi connectivity index (χ1) is 7.61. The lowest BCUT2D eigenvalue weighted by molar-refractivity contribution is 0.105. The van der Waals surface area contributed by atoms with Crippen molar-refractivity contribution < 1.29 is 4.74 Å². The van der Waals surface area contributed by atoms with Gasteiger partial charge in [0, 0.05) is 11.6 Å². The van der Waals surface area contributed by atoms with Crippen LogP contribution >= 0.6 is 15.9 Å². The second-order valence-electron chi connectivity index (χ2n) is 3.76. The smallest absolute Gasteiger partial charge is 0.201 e. The predicted octanol–water partition coefficient (Wildman–Crippen LogP) is 2.42. The number of aromatic nitrogens is 2. The van der Waals surface area contributed by atoms with Gasteiger partial charge in [-0.15, -0.1) is 0 Å². The molecule has 0 saturated carbocycles. The van der Waals surface area contributed by atoms with Gasteiger partial charge in [0.25, 0.3) is 0 Å². The molecule has 0 amide bonds. The standard InChI is InChI=1S/C11H14BrN3O/c1-7(16-2)6-15-10-5-8(12)3-4-9(10)14-11(15)13/h3-5,7H,6H2,1-2H3,(H2,13,14). The molecule has 0 bridgehead atoms. The second kappa shape index (κ2) is 4.43. The first kappa shape index (κ1) is 11.4. The number of imidazole rings is 1. The van der Waals surface area contributed by atoms with Gasteiger partial charge in [0.1, 0.15) is 0 Å². The number of benzene rings is 1. The van der Waals surface area contributed by atoms with E-state index in [4.69, 9.17) is 10.5 Å². The zero-order chi connectivity index (χ0) is 11.7. The maximum Gasteiger partial charge on any atom is 0.201 e. The summed E-state index contributed by atoms with van der Waals surface area (Å²) in [5.74, 6) is 0.525. The number of nitrogens with two attached hydrogens (primary N) is 1. The lowest BCUT2D eigenvalue weighted by Crippen LogP contribution is -2.16. The quantitative estimate of drug-likeness (QED) is 0.941. The van der Waals surface area contributed by atoms with Crippen LogP contribution in [0.25, 0.3) is 11.0 Å². The van der Waals surface area contributed by atoms with Crippen molar-refractivity contribution in [1.29, 1.82) is 0 Å². The van der Waals surface area contributed by atoms with Crippen LogP contribution in [0.5, 0.6) is 0 Å². The molecule has 2 rings (SSSR count). The lowest BCUT2D eigenvalue weighted by Gasteiger charge is -2.12. The third-order valence-electron chi connectivity index (χ3n) is 2.58. The molecule has 1 heterocycles. The monoisotopic (exact) mass is 283 g/mol. The summed E-state index contributed by atoms with van der Waals surface area (Å²) in [4.78, 5) is 4.31. The molecule has 2 aromatic rings. The minimum atomic E-state index is 0.110. The summed E-state index contributed by atoms with van der Waals surface area (Å²) in [6, 6.07) is 5.92. The van der Waals surface area contributed by atoms with E-state index in [1.54, 1.807) is 7.11 Å². The van der Waals surface area contributed by atoms with E-state index in [0.29, 0.717) is 12.5 Å². The maximum atomic E-state index is 5.89. The third-order valence-corrected chi connectivity index (χ3v) is 3.08. The van der Waals surface area contributed by atoms with E-state index in [9.17, 15) is 0 Å². The molecule has 1 unspecified atom stereocenters. The zero-order valence-electron chi connectivity index (χ0n) is 9.27. The van der Waals surface area contributed by atoms with Gasteiger partial charge in [0.2, 0.25) is 5.95 Å². The molecule has 0 aliphatic rings. The van der Waals surface area contributed by atoms with Crippen LogP contribution in [-0.4, -0.2) is 22.8 Å². The number of hydrogen-bond donors (Lipinski definition) is 1. The van der Waals surface area contributed by atoms with Crippen molar-refractivity contribution >= 4 is 32.9 Å². The summed E-state index contributed by atoms with van der Waals surface area (Å²) >= 11 is 3.45. The molecule has 0 aliphatic heterocycles. The molecule has 16 heavy (non-hydrogen) atoms. The van der Waals surface area contributed by atoms with Crippen LogP contribution in [0.15, 0.2) is 22.7 Å². The Morgan fingerprint density at radius 1 is 1.56 bits per heavy atom. The Morgan fingerprint density at radius 3 is 3.00 bits per heavy atom. The van der Waals surface area contributed by atoms with Gasteiger partial charge in [-0.1, -0.05) is 15.9 Å². The van der Waals surface area contributed by atoms with E-state index in [1.807, 2.05) is 29.7 Å². The number of hydrogen-bond acceptors (Lipinski definition) is 3. The Balaban J connectivity index is 2.50. The Labute approximate surface area is 103 Å². The molecule has 4 nitrogen and oxygen atoms in total. The number of fused-ring (bicyclic) bond motifs is 1. The van der Waals surface area contributed by atoms with Crippen LogP contribution in [0.3, 0.4) is 0 Å². The van der Waals surface area contributed by atoms with Gasteiger partial charge < -0.3 is 15.0 Å². The summed E-state index contributed by atoms with van der Waals surface area (Å²) in [6.07, 6.45) is 0.110. The molecule has 86 valence electrons. The van der Waals surface area contributed by atoms with Crippen molar-refractivity contribution in [2.24, 2.45) is 0 Å². The van der Waals surface area contributed by atoms with Crippen LogP contribution < -0.4 is 5.73 Å². The number of methoxy groups -OCH3 is 1. The lowest BCUT2D eigenvalue weighted by atomic mass is 10.3. The minimum absolute atomic E-state index is 0.110. The van der Waals surface area contributed by atoms with Gasteiger partial charge >= 0.3 is 0 Å². The summed E-state index contributed by atoms with van der Waals surface area (Å²) < 4.78 is 8.23. The predicted molar refractivity (Wildman–Crippen MR) is 68.3 cm³/mol. The van der Waals surface area contributed by atoms with Crippen molar-refractivity contribution in [3.63, 3.8) is 0 Å². The topological polar surface area (TPSA) is 53.1 Å². The highest BCUT2D eigenvalue weighted by Crippen LogP contribution is 2.22. The molecule has 0 saturated heterocycles. The van der Waals surface area contributed by atoms with Gasteiger partial charge in [-0.2, -0.15) is 0 Å². The second-order valence-corrected chi connectivity index (χ2v) is 4.68. The van der Waals surface area contributed by atoms with Crippen molar-refractivity contribution in [2.45, 2.75) is 19.6 Å². The van der Waals surface area contributed by atoms with Crippen LogP contribution in [0.4, 0.5) is 5.95 Å². The Morgan fingerprint density at radius 2 is 2.31 bits per heavy atom.